The molecule has 0 aromatic heterocycles. The summed E-state index contributed by atoms with van der Waals surface area (Å²) < 4.78 is 28.3. The standard InChI is InChI=1S/C35H38Cl2FNO6/c1-5-34(43,22-13-16-45-17-14-22)24-18-27-30(29(38)19-24)35(44-4,23-7-10-25(36)11-8-23)39(31(27)40)15-12-21-6-9-26(37)20-28(21)33(2,3)32(41)42/h6-11,18-20,22,43H,5,12-17H2,1-4H3,(H,41,42)/t34-,35+/m0/s1. The van der Waals surface area contributed by atoms with E-state index in [1.54, 1.807) is 62.4 Å². The molecule has 10 heteroatoms. The monoisotopic (exact) mass is 657 g/mol. The number of aliphatic hydroxyl groups is 1. The third-order valence-corrected chi connectivity index (χ3v) is 10.1. The Labute approximate surface area is 272 Å². The van der Waals surface area contributed by atoms with Crippen LogP contribution in [0.4, 0.5) is 4.39 Å². The van der Waals surface area contributed by atoms with E-state index < -0.39 is 34.4 Å². The van der Waals surface area contributed by atoms with E-state index in [-0.39, 0.29) is 30.0 Å². The molecule has 2 N–H and O–H groups in total. The molecule has 2 atom stereocenters. The van der Waals surface area contributed by atoms with Crippen molar-refractivity contribution in [1.29, 1.82) is 0 Å². The smallest absolute Gasteiger partial charge is 0.313 e. The lowest BCUT2D eigenvalue weighted by atomic mass is 9.74. The lowest BCUT2D eigenvalue weighted by Gasteiger charge is -2.39. The molecule has 3 aromatic carbocycles. The fourth-order valence-corrected chi connectivity index (χ4v) is 7.26. The quantitative estimate of drug-likeness (QED) is 0.242. The normalized spacial score (nSPS) is 20.3. The number of ether oxygens (including phenoxy) is 2. The van der Waals surface area contributed by atoms with Gasteiger partial charge in [0.2, 0.25) is 0 Å². The van der Waals surface area contributed by atoms with Gasteiger partial charge in [0.05, 0.1) is 22.1 Å². The Morgan fingerprint density at radius 2 is 1.73 bits per heavy atom. The molecule has 2 heterocycles. The van der Waals surface area contributed by atoms with Crippen LogP contribution in [0, 0.1) is 11.7 Å². The minimum Gasteiger partial charge on any atom is -0.481 e. The minimum absolute atomic E-state index is 0.0497. The Hall–Kier alpha value is -3.01. The van der Waals surface area contributed by atoms with Crippen molar-refractivity contribution in [2.45, 2.75) is 63.2 Å². The average molecular weight is 659 g/mol. The van der Waals surface area contributed by atoms with E-state index in [1.165, 1.54) is 18.1 Å². The topological polar surface area (TPSA) is 96.3 Å². The molecule has 1 saturated heterocycles. The SMILES string of the molecule is CC[C@@](O)(c1cc(F)c2c(c1)C(=O)N(CCc1ccc(Cl)cc1C(C)(C)C(=O)O)[C@@]2(OC)c1ccc(Cl)cc1)C1CCOCC1. The van der Waals surface area contributed by atoms with E-state index in [0.29, 0.717) is 64.8 Å². The highest BCUT2D eigenvalue weighted by molar-refractivity contribution is 6.31. The van der Waals surface area contributed by atoms with Crippen molar-refractivity contribution in [3.63, 3.8) is 0 Å². The summed E-state index contributed by atoms with van der Waals surface area (Å²) in [6.45, 7) is 6.10. The van der Waals surface area contributed by atoms with Gasteiger partial charge in [0, 0.05) is 42.5 Å². The predicted molar refractivity (Wildman–Crippen MR) is 170 cm³/mol. The van der Waals surface area contributed by atoms with Crippen molar-refractivity contribution in [3.05, 3.63) is 104 Å². The van der Waals surface area contributed by atoms with E-state index in [1.807, 2.05) is 6.92 Å². The number of fused-ring (bicyclic) bond motifs is 1. The van der Waals surface area contributed by atoms with Crippen molar-refractivity contribution in [3.8, 4) is 0 Å². The lowest BCUT2D eigenvalue weighted by molar-refractivity contribution is -0.142. The highest BCUT2D eigenvalue weighted by Gasteiger charge is 2.54. The molecule has 0 bridgehead atoms. The van der Waals surface area contributed by atoms with Gasteiger partial charge in [-0.2, -0.15) is 0 Å². The van der Waals surface area contributed by atoms with Gasteiger partial charge in [-0.3, -0.25) is 9.59 Å². The molecule has 240 valence electrons. The first-order valence-corrected chi connectivity index (χ1v) is 15.9. The van der Waals surface area contributed by atoms with Gasteiger partial charge in [0.1, 0.15) is 5.82 Å². The number of hydrogen-bond donors (Lipinski definition) is 2. The summed E-state index contributed by atoms with van der Waals surface area (Å²) in [5.41, 5.74) is -2.10. The van der Waals surface area contributed by atoms with E-state index >= 15 is 4.39 Å². The summed E-state index contributed by atoms with van der Waals surface area (Å²) in [6, 6.07) is 14.7. The second-order valence-corrected chi connectivity index (χ2v) is 13.2. The van der Waals surface area contributed by atoms with Crippen LogP contribution in [-0.4, -0.2) is 53.9 Å². The van der Waals surface area contributed by atoms with Crippen molar-refractivity contribution >= 4 is 35.1 Å². The van der Waals surface area contributed by atoms with Crippen molar-refractivity contribution in [2.24, 2.45) is 5.92 Å². The van der Waals surface area contributed by atoms with Gasteiger partial charge in [-0.05, 0) is 98.5 Å². The molecule has 0 saturated carbocycles. The number of halogens is 3. The third-order valence-electron chi connectivity index (χ3n) is 9.64. The molecule has 0 unspecified atom stereocenters. The van der Waals surface area contributed by atoms with Crippen LogP contribution in [0.3, 0.4) is 0 Å². The van der Waals surface area contributed by atoms with Crippen LogP contribution in [0.5, 0.6) is 0 Å². The molecular formula is C35H38Cl2FNO6. The number of carbonyl (C=O) groups is 2. The molecule has 7 nitrogen and oxygen atoms in total. The molecule has 0 radical (unpaired) electrons. The fraction of sp³-hybridized carbons (Fsp3) is 0.429. The molecule has 1 fully saturated rings. The van der Waals surface area contributed by atoms with Crippen LogP contribution in [0.2, 0.25) is 10.0 Å². The Balaban J connectivity index is 1.64. The van der Waals surface area contributed by atoms with Crippen molar-refractivity contribution < 1.29 is 33.7 Å². The molecule has 2 aliphatic heterocycles. The Morgan fingerprint density at radius 3 is 2.33 bits per heavy atom. The number of aliphatic carboxylic acids is 1. The number of carboxylic acid groups (broad SMARTS) is 1. The first-order valence-electron chi connectivity index (χ1n) is 15.1. The number of rotatable bonds is 10. The third kappa shape index (κ3) is 5.65. The molecule has 0 spiro atoms. The Morgan fingerprint density at radius 1 is 1.09 bits per heavy atom. The molecule has 0 aliphatic carbocycles. The van der Waals surface area contributed by atoms with Gasteiger partial charge in [-0.15, -0.1) is 0 Å². The number of amides is 1. The number of methoxy groups -OCH3 is 1. The predicted octanol–water partition coefficient (Wildman–Crippen LogP) is 7.06. The summed E-state index contributed by atoms with van der Waals surface area (Å²) >= 11 is 12.5. The fourth-order valence-electron chi connectivity index (χ4n) is 6.96. The zero-order valence-corrected chi connectivity index (χ0v) is 27.3. The molecule has 5 rings (SSSR count). The average Bonchev–Trinajstić information content (AvgIpc) is 3.28. The summed E-state index contributed by atoms with van der Waals surface area (Å²) in [6.07, 6.45) is 1.80. The van der Waals surface area contributed by atoms with E-state index in [9.17, 15) is 19.8 Å². The molecule has 3 aromatic rings. The molecule has 2 aliphatic rings. The van der Waals surface area contributed by atoms with Crippen LogP contribution in [0.25, 0.3) is 0 Å². The second kappa shape index (κ2) is 12.6. The first-order chi connectivity index (χ1) is 21.3. The summed E-state index contributed by atoms with van der Waals surface area (Å²) in [7, 11) is 1.42. The maximum Gasteiger partial charge on any atom is 0.313 e. The van der Waals surface area contributed by atoms with Gasteiger partial charge in [-0.1, -0.05) is 48.3 Å². The maximum atomic E-state index is 16.6. The van der Waals surface area contributed by atoms with Crippen LogP contribution in [0.1, 0.15) is 78.2 Å². The lowest BCUT2D eigenvalue weighted by Crippen LogP contribution is -2.47. The van der Waals surface area contributed by atoms with Gasteiger partial charge in [0.25, 0.3) is 5.91 Å². The highest BCUT2D eigenvalue weighted by atomic mass is 35.5. The molecule has 1 amide bonds. The Kier molecular flexibility index (Phi) is 9.38. The largest absolute Gasteiger partial charge is 0.481 e. The zero-order valence-electron chi connectivity index (χ0n) is 25.8. The van der Waals surface area contributed by atoms with Gasteiger partial charge in [0.15, 0.2) is 5.72 Å². The first kappa shape index (κ1) is 33.4. The van der Waals surface area contributed by atoms with E-state index in [0.717, 1.165) is 0 Å². The van der Waals surface area contributed by atoms with Crippen molar-refractivity contribution in [2.75, 3.05) is 26.9 Å². The number of hydrogen-bond acceptors (Lipinski definition) is 5. The van der Waals surface area contributed by atoms with Crippen LogP contribution >= 0.6 is 23.2 Å². The molecule has 45 heavy (non-hydrogen) atoms. The molecular weight excluding hydrogens is 620 g/mol. The van der Waals surface area contributed by atoms with Crippen molar-refractivity contribution in [1.82, 2.24) is 4.90 Å². The number of carboxylic acids is 1. The van der Waals surface area contributed by atoms with Crippen LogP contribution < -0.4 is 0 Å². The van der Waals surface area contributed by atoms with Gasteiger partial charge < -0.3 is 24.6 Å². The highest BCUT2D eigenvalue weighted by Crippen LogP contribution is 2.49. The Bertz CT molecular complexity index is 1610. The van der Waals surface area contributed by atoms with Gasteiger partial charge >= 0.3 is 5.97 Å². The van der Waals surface area contributed by atoms with Crippen LogP contribution in [-0.2, 0) is 37.4 Å². The van der Waals surface area contributed by atoms with Gasteiger partial charge in [-0.25, -0.2) is 4.39 Å². The number of nitrogens with zero attached hydrogens (tertiary/aromatic N) is 1. The van der Waals surface area contributed by atoms with E-state index in [4.69, 9.17) is 32.7 Å². The van der Waals surface area contributed by atoms with E-state index in [2.05, 4.69) is 0 Å². The number of carbonyl (C=O) groups excluding carboxylic acids is 1. The minimum atomic E-state index is -1.66. The maximum absolute atomic E-state index is 16.6. The number of benzene rings is 3. The summed E-state index contributed by atoms with van der Waals surface area (Å²) in [4.78, 5) is 28.1. The summed E-state index contributed by atoms with van der Waals surface area (Å²) in [5, 5.41) is 22.8. The summed E-state index contributed by atoms with van der Waals surface area (Å²) in [5.74, 6) is -2.33. The zero-order chi connectivity index (χ0) is 32.7. The van der Waals surface area contributed by atoms with Crippen LogP contribution in [0.15, 0.2) is 54.6 Å². The second-order valence-electron chi connectivity index (χ2n) is 12.3.